The first kappa shape index (κ1) is 27.3. The average Bonchev–Trinajstić information content (AvgIpc) is 3.14. The monoisotopic (exact) mass is 510 g/mol. The number of rotatable bonds is 5. The molecule has 194 valence electrons. The van der Waals surface area contributed by atoms with E-state index in [9.17, 15) is 0 Å². The van der Waals surface area contributed by atoms with Gasteiger partial charge in [-0.25, -0.2) is 0 Å². The highest BCUT2D eigenvalue weighted by Gasteiger charge is 2.40. The number of fused-ring (bicyclic) bond motifs is 5. The molecule has 5 rings (SSSR count). The fraction of sp³-hybridized carbons (Fsp3) is 0.371. The quantitative estimate of drug-likeness (QED) is 0.264. The van der Waals surface area contributed by atoms with Crippen molar-refractivity contribution in [1.29, 1.82) is 0 Å². The summed E-state index contributed by atoms with van der Waals surface area (Å²) in [4.78, 5) is 2.49. The number of ether oxygens (including phenoxy) is 1. The molecule has 1 aliphatic carbocycles. The highest BCUT2D eigenvalue weighted by molar-refractivity contribution is 7.99. The second kappa shape index (κ2) is 10.6. The van der Waals surface area contributed by atoms with Crippen molar-refractivity contribution in [2.75, 3.05) is 7.11 Å². The van der Waals surface area contributed by atoms with Gasteiger partial charge in [-0.2, -0.15) is 0 Å². The van der Waals surface area contributed by atoms with Crippen LogP contribution in [0.3, 0.4) is 0 Å². The fourth-order valence-electron chi connectivity index (χ4n) is 5.61. The predicted octanol–water partition coefficient (Wildman–Crippen LogP) is 10.8. The third kappa shape index (κ3) is 5.06. The van der Waals surface area contributed by atoms with E-state index in [0.29, 0.717) is 5.41 Å². The third-order valence-electron chi connectivity index (χ3n) is 7.69. The van der Waals surface area contributed by atoms with E-state index in [4.69, 9.17) is 4.74 Å². The molecule has 0 N–H and O–H groups in total. The molecule has 0 aliphatic heterocycles. The van der Waals surface area contributed by atoms with Crippen LogP contribution in [0.4, 0.5) is 0 Å². The highest BCUT2D eigenvalue weighted by atomic mass is 32.2. The molecule has 0 bridgehead atoms. The van der Waals surface area contributed by atoms with E-state index in [2.05, 4.69) is 108 Å². The highest BCUT2D eigenvalue weighted by Crippen LogP contribution is 2.55. The standard InChI is InChI=1S/C33H36OS.C2H6/c1-21-11-10-12-22(2)31(21)35-29-20-25-23(19-28(29)34-7)15-16-27-30(25)24-13-8-9-14-26(24)33(27,6)18-17-32(3,4)5;1-2/h8-16,19-20H,17-18H2,1-7H3;1-2H3. The summed E-state index contributed by atoms with van der Waals surface area (Å²) in [7, 11) is 1.78. The first-order valence-corrected chi connectivity index (χ1v) is 14.4. The predicted molar refractivity (Wildman–Crippen MR) is 162 cm³/mol. The Balaban J connectivity index is 0.00000156. The molecule has 2 heteroatoms. The van der Waals surface area contributed by atoms with Crippen molar-refractivity contribution in [3.05, 3.63) is 89.0 Å². The molecule has 1 unspecified atom stereocenters. The smallest absolute Gasteiger partial charge is 0.133 e. The van der Waals surface area contributed by atoms with Crippen LogP contribution >= 0.6 is 11.8 Å². The maximum atomic E-state index is 5.89. The lowest BCUT2D eigenvalue weighted by atomic mass is 9.73. The van der Waals surface area contributed by atoms with E-state index in [1.807, 2.05) is 25.6 Å². The van der Waals surface area contributed by atoms with Gasteiger partial charge in [0.25, 0.3) is 0 Å². The van der Waals surface area contributed by atoms with Crippen LogP contribution in [0, 0.1) is 19.3 Å². The van der Waals surface area contributed by atoms with Crippen LogP contribution in [-0.4, -0.2) is 7.11 Å². The van der Waals surface area contributed by atoms with Gasteiger partial charge in [0.15, 0.2) is 0 Å². The van der Waals surface area contributed by atoms with Gasteiger partial charge in [0, 0.05) is 10.3 Å². The summed E-state index contributed by atoms with van der Waals surface area (Å²) in [5.41, 5.74) is 8.65. The van der Waals surface area contributed by atoms with Gasteiger partial charge in [0.2, 0.25) is 0 Å². The fourth-order valence-corrected chi connectivity index (χ4v) is 6.71. The van der Waals surface area contributed by atoms with E-state index in [0.717, 1.165) is 12.2 Å². The number of methoxy groups -OCH3 is 1. The van der Waals surface area contributed by atoms with Gasteiger partial charge in [-0.05, 0) is 88.4 Å². The summed E-state index contributed by atoms with van der Waals surface area (Å²) in [6, 6.07) is 24.8. The molecular formula is C35H42OS. The van der Waals surface area contributed by atoms with Crippen molar-refractivity contribution in [3.63, 3.8) is 0 Å². The van der Waals surface area contributed by atoms with Crippen LogP contribution in [-0.2, 0) is 5.41 Å². The van der Waals surface area contributed by atoms with Crippen LogP contribution in [0.15, 0.2) is 76.5 Å². The largest absolute Gasteiger partial charge is 0.496 e. The molecule has 0 saturated heterocycles. The molecule has 1 atom stereocenters. The lowest BCUT2D eigenvalue weighted by Gasteiger charge is -2.31. The van der Waals surface area contributed by atoms with Crippen LogP contribution in [0.25, 0.3) is 21.9 Å². The minimum absolute atomic E-state index is 0.0211. The Kier molecular flexibility index (Phi) is 7.81. The van der Waals surface area contributed by atoms with E-state index < -0.39 is 0 Å². The Morgan fingerprint density at radius 1 is 0.838 bits per heavy atom. The topological polar surface area (TPSA) is 9.23 Å². The number of hydrogen-bond donors (Lipinski definition) is 0. The summed E-state index contributed by atoms with van der Waals surface area (Å²) in [6.45, 7) is 17.9. The van der Waals surface area contributed by atoms with Gasteiger partial charge in [-0.3, -0.25) is 0 Å². The zero-order chi connectivity index (χ0) is 27.0. The van der Waals surface area contributed by atoms with Gasteiger partial charge in [0.05, 0.1) is 12.0 Å². The summed E-state index contributed by atoms with van der Waals surface area (Å²) >= 11 is 1.82. The summed E-state index contributed by atoms with van der Waals surface area (Å²) in [6.07, 6.45) is 2.33. The van der Waals surface area contributed by atoms with Gasteiger partial charge in [0.1, 0.15) is 5.75 Å². The second-order valence-corrected chi connectivity index (χ2v) is 12.5. The molecule has 0 spiro atoms. The van der Waals surface area contributed by atoms with Gasteiger partial charge >= 0.3 is 0 Å². The SMILES string of the molecule is CC.COc1cc2ccc3c(c2cc1Sc1c(C)cccc1C)-c1ccccc1C3(C)CCC(C)(C)C. The maximum absolute atomic E-state index is 5.89. The minimum atomic E-state index is 0.0211. The van der Waals surface area contributed by atoms with Crippen molar-refractivity contribution in [1.82, 2.24) is 0 Å². The maximum Gasteiger partial charge on any atom is 0.133 e. The normalized spacial score (nSPS) is 16.1. The van der Waals surface area contributed by atoms with E-state index in [-0.39, 0.29) is 5.41 Å². The Morgan fingerprint density at radius 3 is 2.16 bits per heavy atom. The van der Waals surface area contributed by atoms with Crippen molar-refractivity contribution in [2.24, 2.45) is 5.41 Å². The zero-order valence-electron chi connectivity index (χ0n) is 24.1. The lowest BCUT2D eigenvalue weighted by molar-refractivity contribution is 0.328. The molecule has 0 heterocycles. The number of benzene rings is 4. The molecule has 0 radical (unpaired) electrons. The first-order chi connectivity index (χ1) is 17.6. The first-order valence-electron chi connectivity index (χ1n) is 13.6. The lowest BCUT2D eigenvalue weighted by Crippen LogP contribution is -2.23. The Labute approximate surface area is 228 Å². The van der Waals surface area contributed by atoms with Crippen LogP contribution in [0.5, 0.6) is 5.75 Å². The number of aryl methyl sites for hydroxylation is 2. The molecule has 1 aliphatic rings. The molecule has 37 heavy (non-hydrogen) atoms. The third-order valence-corrected chi connectivity index (χ3v) is 9.07. The van der Waals surface area contributed by atoms with Crippen LogP contribution in [0.2, 0.25) is 0 Å². The molecule has 0 amide bonds. The molecule has 0 fully saturated rings. The molecule has 0 saturated carbocycles. The summed E-state index contributed by atoms with van der Waals surface area (Å²) < 4.78 is 5.89. The van der Waals surface area contributed by atoms with Gasteiger partial charge in [-0.1, -0.05) is 108 Å². The van der Waals surface area contributed by atoms with Gasteiger partial charge < -0.3 is 4.74 Å². The Bertz CT molecular complexity index is 1410. The van der Waals surface area contributed by atoms with Crippen LogP contribution in [0.1, 0.15) is 76.6 Å². The minimum Gasteiger partial charge on any atom is -0.496 e. The van der Waals surface area contributed by atoms with Gasteiger partial charge in [-0.15, -0.1) is 0 Å². The molecule has 0 aromatic heterocycles. The molecular weight excluding hydrogens is 468 g/mol. The van der Waals surface area contributed by atoms with Crippen LogP contribution < -0.4 is 4.74 Å². The van der Waals surface area contributed by atoms with Crippen molar-refractivity contribution in [3.8, 4) is 16.9 Å². The molecule has 1 nitrogen and oxygen atoms in total. The Morgan fingerprint density at radius 2 is 1.51 bits per heavy atom. The number of hydrogen-bond acceptors (Lipinski definition) is 2. The van der Waals surface area contributed by atoms with Crippen molar-refractivity contribution in [2.45, 2.75) is 83.4 Å². The van der Waals surface area contributed by atoms with Crippen molar-refractivity contribution < 1.29 is 4.74 Å². The summed E-state index contributed by atoms with van der Waals surface area (Å²) in [5, 5.41) is 2.56. The Hall–Kier alpha value is -2.71. The average molecular weight is 511 g/mol. The summed E-state index contributed by atoms with van der Waals surface area (Å²) in [5.74, 6) is 0.937. The van der Waals surface area contributed by atoms with Crippen molar-refractivity contribution >= 4 is 22.5 Å². The van der Waals surface area contributed by atoms with E-state index in [1.54, 1.807) is 7.11 Å². The second-order valence-electron chi connectivity index (χ2n) is 11.5. The zero-order valence-corrected chi connectivity index (χ0v) is 24.9. The molecule has 4 aromatic carbocycles. The molecule has 4 aromatic rings. The van der Waals surface area contributed by atoms with E-state index >= 15 is 0 Å². The van der Waals surface area contributed by atoms with E-state index in [1.165, 1.54) is 60.4 Å².